The molecule has 0 radical (unpaired) electrons. The van der Waals surface area contributed by atoms with Gasteiger partial charge in [-0.2, -0.15) is 16.9 Å². The van der Waals surface area contributed by atoms with Crippen molar-refractivity contribution >= 4 is 11.8 Å². The maximum atomic E-state index is 5.54. The molecule has 2 aliphatic rings. The molecule has 0 unspecified atom stereocenters. The Bertz CT molecular complexity index is 493. The topological polar surface area (TPSA) is 42.3 Å². The minimum atomic E-state index is 0.302. The molecule has 0 spiro atoms. The van der Waals surface area contributed by atoms with E-state index in [0.717, 1.165) is 32.8 Å². The zero-order valence-electron chi connectivity index (χ0n) is 14.6. The average Bonchev–Trinajstić information content (AvgIpc) is 3.24. The van der Waals surface area contributed by atoms with Crippen LogP contribution >= 0.6 is 11.8 Å². The van der Waals surface area contributed by atoms with Gasteiger partial charge in [0.15, 0.2) is 0 Å². The van der Waals surface area contributed by atoms with Crippen molar-refractivity contribution in [3.8, 4) is 0 Å². The van der Waals surface area contributed by atoms with Gasteiger partial charge in [-0.25, -0.2) is 0 Å². The van der Waals surface area contributed by atoms with E-state index >= 15 is 0 Å². The first-order valence-corrected chi connectivity index (χ1v) is 9.94. The molecule has 1 aromatic rings. The second kappa shape index (κ2) is 7.55. The Morgan fingerprint density at radius 2 is 2.13 bits per heavy atom. The van der Waals surface area contributed by atoms with Crippen LogP contribution in [0.5, 0.6) is 0 Å². The molecule has 0 bridgehead atoms. The van der Waals surface area contributed by atoms with Crippen LogP contribution in [0, 0.1) is 0 Å². The molecule has 0 aromatic carbocycles. The van der Waals surface area contributed by atoms with Gasteiger partial charge in [-0.1, -0.05) is 0 Å². The standard InChI is InChI=1S/C17H30N4OS/c1-14(2)21-11-16(10-19-21)15(3)18-12-17(4-9-23-13-17)20-5-7-22-8-6-20/h10-11,14-15,18H,4-9,12-13H2,1-3H3/t15-,17-/m0/s1. The molecule has 0 amide bonds. The Morgan fingerprint density at radius 1 is 1.35 bits per heavy atom. The van der Waals surface area contributed by atoms with Crippen LogP contribution in [0.3, 0.4) is 0 Å². The van der Waals surface area contributed by atoms with Crippen LogP contribution in [0.15, 0.2) is 12.4 Å². The predicted molar refractivity (Wildman–Crippen MR) is 96.1 cm³/mol. The van der Waals surface area contributed by atoms with Gasteiger partial charge < -0.3 is 10.1 Å². The number of thioether (sulfide) groups is 1. The van der Waals surface area contributed by atoms with Crippen molar-refractivity contribution in [1.82, 2.24) is 20.0 Å². The lowest BCUT2D eigenvalue weighted by Crippen LogP contribution is -2.58. The summed E-state index contributed by atoms with van der Waals surface area (Å²) in [5, 5.41) is 8.25. The maximum absolute atomic E-state index is 5.54. The van der Waals surface area contributed by atoms with Crippen LogP contribution in [0.4, 0.5) is 0 Å². The van der Waals surface area contributed by atoms with Crippen LogP contribution in [-0.2, 0) is 4.74 Å². The van der Waals surface area contributed by atoms with Gasteiger partial charge in [0.1, 0.15) is 0 Å². The maximum Gasteiger partial charge on any atom is 0.0594 e. The van der Waals surface area contributed by atoms with E-state index in [1.165, 1.54) is 23.5 Å². The van der Waals surface area contributed by atoms with Gasteiger partial charge >= 0.3 is 0 Å². The SMILES string of the molecule is CC(C)n1cc([C@H](C)NC[C@@]2(N3CCOCC3)CCSC2)cn1. The van der Waals surface area contributed by atoms with Crippen molar-refractivity contribution in [2.24, 2.45) is 0 Å². The van der Waals surface area contributed by atoms with Crippen molar-refractivity contribution in [2.75, 3.05) is 44.4 Å². The number of aromatic nitrogens is 2. The Kier molecular flexibility index (Phi) is 5.67. The Morgan fingerprint density at radius 3 is 2.74 bits per heavy atom. The first-order valence-electron chi connectivity index (χ1n) is 8.79. The third kappa shape index (κ3) is 3.92. The number of rotatable bonds is 6. The molecule has 5 nitrogen and oxygen atoms in total. The van der Waals surface area contributed by atoms with E-state index in [1.54, 1.807) is 0 Å². The summed E-state index contributed by atoms with van der Waals surface area (Å²) in [5.74, 6) is 2.51. The molecule has 6 heteroatoms. The number of hydrogen-bond donors (Lipinski definition) is 1. The lowest BCUT2D eigenvalue weighted by Gasteiger charge is -2.43. The van der Waals surface area contributed by atoms with E-state index in [2.05, 4.69) is 54.0 Å². The number of nitrogens with one attached hydrogen (secondary N) is 1. The fraction of sp³-hybridized carbons (Fsp3) is 0.824. The third-order valence-corrected chi connectivity index (χ3v) is 6.39. The van der Waals surface area contributed by atoms with E-state index in [9.17, 15) is 0 Å². The first-order chi connectivity index (χ1) is 11.1. The first kappa shape index (κ1) is 17.3. The highest BCUT2D eigenvalue weighted by Gasteiger charge is 2.40. The molecule has 3 rings (SSSR count). The van der Waals surface area contributed by atoms with Gasteiger partial charge in [0.2, 0.25) is 0 Å². The summed E-state index contributed by atoms with van der Waals surface area (Å²) >= 11 is 2.09. The fourth-order valence-electron chi connectivity index (χ4n) is 3.45. The van der Waals surface area contributed by atoms with Crippen LogP contribution in [0.25, 0.3) is 0 Å². The van der Waals surface area contributed by atoms with Crippen molar-refractivity contribution in [3.63, 3.8) is 0 Å². The zero-order chi connectivity index (χ0) is 16.3. The number of ether oxygens (including phenoxy) is 1. The highest BCUT2D eigenvalue weighted by atomic mass is 32.2. The summed E-state index contributed by atoms with van der Waals surface area (Å²) in [5.41, 5.74) is 1.58. The third-order valence-electron chi connectivity index (χ3n) is 5.15. The number of nitrogens with zero attached hydrogens (tertiary/aromatic N) is 3. The molecule has 130 valence electrons. The molecule has 0 saturated carbocycles. The Balaban J connectivity index is 1.61. The van der Waals surface area contributed by atoms with E-state index in [0.29, 0.717) is 17.6 Å². The normalized spacial score (nSPS) is 27.7. The Hall–Kier alpha value is -0.560. The van der Waals surface area contributed by atoms with Gasteiger partial charge in [0.05, 0.1) is 19.4 Å². The molecule has 2 atom stereocenters. The summed E-state index contributed by atoms with van der Waals surface area (Å²) in [6, 6.07) is 0.757. The van der Waals surface area contributed by atoms with E-state index < -0.39 is 0 Å². The number of morpholine rings is 1. The van der Waals surface area contributed by atoms with Crippen LogP contribution in [-0.4, -0.2) is 64.6 Å². The zero-order valence-corrected chi connectivity index (χ0v) is 15.4. The average molecular weight is 339 g/mol. The molecule has 1 N–H and O–H groups in total. The molecule has 2 aliphatic heterocycles. The van der Waals surface area contributed by atoms with Gasteiger partial charge in [-0.05, 0) is 32.9 Å². The van der Waals surface area contributed by atoms with Crippen LogP contribution in [0.1, 0.15) is 44.8 Å². The van der Waals surface area contributed by atoms with Gasteiger partial charge in [-0.15, -0.1) is 0 Å². The molecule has 0 aliphatic carbocycles. The van der Waals surface area contributed by atoms with Gasteiger partial charge in [0.25, 0.3) is 0 Å². The lowest BCUT2D eigenvalue weighted by molar-refractivity contribution is -0.0139. The largest absolute Gasteiger partial charge is 0.379 e. The minimum Gasteiger partial charge on any atom is -0.379 e. The molecular formula is C17H30N4OS. The molecule has 2 saturated heterocycles. The summed E-state index contributed by atoms with van der Waals surface area (Å²) < 4.78 is 7.58. The monoisotopic (exact) mass is 338 g/mol. The van der Waals surface area contributed by atoms with E-state index in [4.69, 9.17) is 4.74 Å². The van der Waals surface area contributed by atoms with E-state index in [-0.39, 0.29) is 0 Å². The fourth-order valence-corrected chi connectivity index (χ4v) is 4.93. The van der Waals surface area contributed by atoms with E-state index in [1.807, 2.05) is 10.9 Å². The van der Waals surface area contributed by atoms with Crippen LogP contribution < -0.4 is 5.32 Å². The number of hydrogen-bond acceptors (Lipinski definition) is 5. The smallest absolute Gasteiger partial charge is 0.0594 e. The second-order valence-corrected chi connectivity index (χ2v) is 8.18. The van der Waals surface area contributed by atoms with Crippen molar-refractivity contribution in [3.05, 3.63) is 18.0 Å². The lowest BCUT2D eigenvalue weighted by atomic mass is 9.95. The molecular weight excluding hydrogens is 308 g/mol. The molecule has 2 fully saturated rings. The summed E-state index contributed by atoms with van der Waals surface area (Å²) in [7, 11) is 0. The quantitative estimate of drug-likeness (QED) is 0.862. The van der Waals surface area contributed by atoms with Crippen molar-refractivity contribution in [2.45, 2.75) is 44.8 Å². The summed E-state index contributed by atoms with van der Waals surface area (Å²) in [6.45, 7) is 11.5. The van der Waals surface area contributed by atoms with Gasteiger partial charge in [-0.3, -0.25) is 9.58 Å². The van der Waals surface area contributed by atoms with Crippen LogP contribution in [0.2, 0.25) is 0 Å². The predicted octanol–water partition coefficient (Wildman–Crippen LogP) is 2.32. The molecule has 3 heterocycles. The van der Waals surface area contributed by atoms with Crippen molar-refractivity contribution in [1.29, 1.82) is 0 Å². The van der Waals surface area contributed by atoms with Gasteiger partial charge in [0, 0.05) is 54.8 Å². The van der Waals surface area contributed by atoms with Crippen molar-refractivity contribution < 1.29 is 4.74 Å². The Labute approximate surface area is 144 Å². The molecule has 23 heavy (non-hydrogen) atoms. The highest BCUT2D eigenvalue weighted by Crippen LogP contribution is 2.34. The highest BCUT2D eigenvalue weighted by molar-refractivity contribution is 7.99. The molecule has 1 aromatic heterocycles. The minimum absolute atomic E-state index is 0.302. The summed E-state index contributed by atoms with van der Waals surface area (Å²) in [6.07, 6.45) is 5.46. The summed E-state index contributed by atoms with van der Waals surface area (Å²) in [4.78, 5) is 2.66. The second-order valence-electron chi connectivity index (χ2n) is 7.08.